The quantitative estimate of drug-likeness (QED) is 0.572. The first-order valence-corrected chi connectivity index (χ1v) is 8.17. The van der Waals surface area contributed by atoms with Crippen molar-refractivity contribution in [3.63, 3.8) is 0 Å². The molecule has 1 aromatic carbocycles. The van der Waals surface area contributed by atoms with Crippen molar-refractivity contribution in [2.24, 2.45) is 5.73 Å². The molecule has 25 heavy (non-hydrogen) atoms. The second-order valence-electron chi connectivity index (χ2n) is 5.93. The van der Waals surface area contributed by atoms with Gasteiger partial charge in [0.15, 0.2) is 0 Å². The number of nitrogens with one attached hydrogen (secondary N) is 1. The summed E-state index contributed by atoms with van der Waals surface area (Å²) >= 11 is 0. The van der Waals surface area contributed by atoms with Gasteiger partial charge in [-0.15, -0.1) is 0 Å². The number of carbonyl (C=O) groups excluding carboxylic acids is 1. The Labute approximate surface area is 145 Å². The van der Waals surface area contributed by atoms with Gasteiger partial charge in [-0.2, -0.15) is 0 Å². The van der Waals surface area contributed by atoms with Gasteiger partial charge in [0.2, 0.25) is 11.9 Å². The highest BCUT2D eigenvalue weighted by atomic mass is 16.3. The molecule has 0 fully saturated rings. The Bertz CT molecular complexity index is 904. The SMILES string of the molecule is Cc1ccc(O)c(Cn2c(NCCCC(N)=O)nc3ccccc32)n1. The first-order chi connectivity index (χ1) is 12.0. The van der Waals surface area contributed by atoms with Gasteiger partial charge in [-0.25, -0.2) is 4.98 Å². The topological polar surface area (TPSA) is 106 Å². The maximum absolute atomic E-state index is 10.9. The van der Waals surface area contributed by atoms with Crippen molar-refractivity contribution in [2.75, 3.05) is 11.9 Å². The number of amides is 1. The van der Waals surface area contributed by atoms with Crippen molar-refractivity contribution >= 4 is 22.9 Å². The summed E-state index contributed by atoms with van der Waals surface area (Å²) < 4.78 is 1.97. The van der Waals surface area contributed by atoms with Crippen LogP contribution in [0.2, 0.25) is 0 Å². The summed E-state index contributed by atoms with van der Waals surface area (Å²) in [6.45, 7) is 2.86. The molecule has 7 nitrogen and oxygen atoms in total. The molecule has 3 aromatic rings. The van der Waals surface area contributed by atoms with E-state index < -0.39 is 0 Å². The number of para-hydroxylation sites is 2. The van der Waals surface area contributed by atoms with Gasteiger partial charge in [0.1, 0.15) is 11.4 Å². The standard InChI is InChI=1S/C18H21N5O2/c1-12-8-9-16(24)14(21-12)11-23-15-6-3-2-5-13(15)22-18(23)20-10-4-7-17(19)25/h2-3,5-6,8-9,24H,4,7,10-11H2,1H3,(H2,19,25)(H,20,22). The largest absolute Gasteiger partial charge is 0.506 e. The maximum Gasteiger partial charge on any atom is 0.217 e. The molecular weight excluding hydrogens is 318 g/mol. The number of nitrogens with two attached hydrogens (primary N) is 1. The van der Waals surface area contributed by atoms with Gasteiger partial charge < -0.3 is 20.7 Å². The number of primary amides is 1. The Hall–Kier alpha value is -3.09. The molecule has 130 valence electrons. The van der Waals surface area contributed by atoms with E-state index in [1.54, 1.807) is 12.1 Å². The molecule has 0 unspecified atom stereocenters. The van der Waals surface area contributed by atoms with Crippen molar-refractivity contribution in [1.29, 1.82) is 0 Å². The van der Waals surface area contributed by atoms with Crippen LogP contribution in [0.3, 0.4) is 0 Å². The van der Waals surface area contributed by atoms with E-state index in [1.165, 1.54) is 0 Å². The molecule has 4 N–H and O–H groups in total. The average Bonchev–Trinajstić information content (AvgIpc) is 2.93. The van der Waals surface area contributed by atoms with Gasteiger partial charge in [-0.1, -0.05) is 12.1 Å². The Morgan fingerprint density at radius 3 is 2.84 bits per heavy atom. The zero-order valence-corrected chi connectivity index (χ0v) is 14.1. The number of aromatic nitrogens is 3. The monoisotopic (exact) mass is 339 g/mol. The van der Waals surface area contributed by atoms with Crippen molar-refractivity contribution < 1.29 is 9.90 Å². The Morgan fingerprint density at radius 2 is 2.04 bits per heavy atom. The molecule has 2 aromatic heterocycles. The molecule has 2 heterocycles. The predicted octanol–water partition coefficient (Wildman–Crippen LogP) is 2.17. The van der Waals surface area contributed by atoms with Crippen LogP contribution in [-0.4, -0.2) is 32.1 Å². The van der Waals surface area contributed by atoms with Crippen molar-refractivity contribution in [3.8, 4) is 5.75 Å². The Balaban J connectivity index is 1.90. The third kappa shape index (κ3) is 3.88. The Morgan fingerprint density at radius 1 is 1.24 bits per heavy atom. The zero-order valence-electron chi connectivity index (χ0n) is 14.1. The summed E-state index contributed by atoms with van der Waals surface area (Å²) in [4.78, 5) is 19.9. The second-order valence-corrected chi connectivity index (χ2v) is 5.93. The number of benzene rings is 1. The summed E-state index contributed by atoms with van der Waals surface area (Å²) in [5.74, 6) is 0.514. The van der Waals surface area contributed by atoms with Gasteiger partial charge in [-0.05, 0) is 37.6 Å². The molecule has 0 bridgehead atoms. The van der Waals surface area contributed by atoms with Crippen LogP contribution in [0.1, 0.15) is 24.2 Å². The molecule has 0 saturated heterocycles. The summed E-state index contributed by atoms with van der Waals surface area (Å²) in [5, 5.41) is 13.4. The molecule has 0 aliphatic carbocycles. The van der Waals surface area contributed by atoms with Crippen LogP contribution >= 0.6 is 0 Å². The number of imidazole rings is 1. The van der Waals surface area contributed by atoms with Crippen molar-refractivity contribution in [1.82, 2.24) is 14.5 Å². The summed E-state index contributed by atoms with van der Waals surface area (Å²) in [7, 11) is 0. The number of anilines is 1. The van der Waals surface area contributed by atoms with Gasteiger partial charge in [0.05, 0.1) is 17.6 Å². The first kappa shape index (κ1) is 16.8. The van der Waals surface area contributed by atoms with Crippen LogP contribution in [0.5, 0.6) is 5.75 Å². The second kappa shape index (κ2) is 7.21. The van der Waals surface area contributed by atoms with Crippen molar-refractivity contribution in [3.05, 3.63) is 47.8 Å². The lowest BCUT2D eigenvalue weighted by Gasteiger charge is -2.12. The fourth-order valence-corrected chi connectivity index (χ4v) is 2.70. The molecule has 3 rings (SSSR count). The average molecular weight is 339 g/mol. The normalized spacial score (nSPS) is 10.9. The van der Waals surface area contributed by atoms with E-state index in [1.807, 2.05) is 35.8 Å². The van der Waals surface area contributed by atoms with Gasteiger partial charge >= 0.3 is 0 Å². The number of fused-ring (bicyclic) bond motifs is 1. The highest BCUT2D eigenvalue weighted by Gasteiger charge is 2.13. The maximum atomic E-state index is 10.9. The minimum atomic E-state index is -0.316. The lowest BCUT2D eigenvalue weighted by molar-refractivity contribution is -0.118. The van der Waals surface area contributed by atoms with E-state index in [4.69, 9.17) is 5.73 Å². The highest BCUT2D eigenvalue weighted by Crippen LogP contribution is 2.24. The van der Waals surface area contributed by atoms with Gasteiger partial charge in [0, 0.05) is 18.7 Å². The number of aromatic hydroxyl groups is 1. The summed E-state index contributed by atoms with van der Waals surface area (Å²) in [6, 6.07) is 11.2. The van der Waals surface area contributed by atoms with E-state index in [0.717, 1.165) is 16.7 Å². The minimum absolute atomic E-state index is 0.156. The summed E-state index contributed by atoms with van der Waals surface area (Å²) in [5.41, 5.74) is 8.40. The van der Waals surface area contributed by atoms with Crippen LogP contribution < -0.4 is 11.1 Å². The molecular formula is C18H21N5O2. The summed E-state index contributed by atoms with van der Waals surface area (Å²) in [6.07, 6.45) is 0.958. The number of nitrogens with zero attached hydrogens (tertiary/aromatic N) is 3. The first-order valence-electron chi connectivity index (χ1n) is 8.17. The molecule has 0 spiro atoms. The van der Waals surface area contributed by atoms with Crippen LogP contribution in [0.15, 0.2) is 36.4 Å². The molecule has 0 saturated carbocycles. The van der Waals surface area contributed by atoms with Crippen molar-refractivity contribution in [2.45, 2.75) is 26.3 Å². The zero-order chi connectivity index (χ0) is 17.8. The van der Waals surface area contributed by atoms with E-state index in [0.29, 0.717) is 37.6 Å². The molecule has 0 atom stereocenters. The Kier molecular flexibility index (Phi) is 4.83. The molecule has 0 aliphatic rings. The lowest BCUT2D eigenvalue weighted by atomic mass is 10.2. The highest BCUT2D eigenvalue weighted by molar-refractivity contribution is 5.78. The fourth-order valence-electron chi connectivity index (χ4n) is 2.70. The third-order valence-corrected chi connectivity index (χ3v) is 3.93. The minimum Gasteiger partial charge on any atom is -0.506 e. The van der Waals surface area contributed by atoms with Gasteiger partial charge in [-0.3, -0.25) is 9.78 Å². The molecule has 0 radical (unpaired) electrons. The van der Waals surface area contributed by atoms with E-state index in [9.17, 15) is 9.90 Å². The number of hydrogen-bond acceptors (Lipinski definition) is 5. The van der Waals surface area contributed by atoms with E-state index >= 15 is 0 Å². The number of carbonyl (C=O) groups is 1. The van der Waals surface area contributed by atoms with Crippen LogP contribution in [0.4, 0.5) is 5.95 Å². The van der Waals surface area contributed by atoms with Crippen LogP contribution in [-0.2, 0) is 11.3 Å². The lowest BCUT2D eigenvalue weighted by Crippen LogP contribution is -2.14. The molecule has 7 heteroatoms. The smallest absolute Gasteiger partial charge is 0.217 e. The van der Waals surface area contributed by atoms with Crippen LogP contribution in [0.25, 0.3) is 11.0 Å². The van der Waals surface area contributed by atoms with E-state index in [2.05, 4.69) is 15.3 Å². The number of rotatable bonds is 7. The third-order valence-electron chi connectivity index (χ3n) is 3.93. The molecule has 0 aliphatic heterocycles. The number of aryl methyl sites for hydroxylation is 1. The van der Waals surface area contributed by atoms with Gasteiger partial charge in [0.25, 0.3) is 0 Å². The van der Waals surface area contributed by atoms with E-state index in [-0.39, 0.29) is 11.7 Å². The predicted molar refractivity (Wildman–Crippen MR) is 96.4 cm³/mol. The number of hydrogen-bond donors (Lipinski definition) is 3. The fraction of sp³-hybridized carbons (Fsp3) is 0.278. The van der Waals surface area contributed by atoms with Crippen LogP contribution in [0, 0.1) is 6.92 Å². The number of pyridine rings is 1. The molecule has 1 amide bonds.